The molecule has 0 bridgehead atoms. The highest BCUT2D eigenvalue weighted by atomic mass is 32.2. The van der Waals surface area contributed by atoms with E-state index < -0.39 is 0 Å². The topological polar surface area (TPSA) is 64.2 Å². The van der Waals surface area contributed by atoms with Gasteiger partial charge in [0, 0.05) is 25.0 Å². The average Bonchev–Trinajstić information content (AvgIpc) is 3.41. The van der Waals surface area contributed by atoms with Crippen molar-refractivity contribution in [3.63, 3.8) is 0 Å². The molecule has 4 aromatic rings. The van der Waals surface area contributed by atoms with Crippen molar-refractivity contribution in [2.75, 3.05) is 12.3 Å². The molecule has 7 heteroatoms. The van der Waals surface area contributed by atoms with E-state index in [1.165, 1.54) is 22.9 Å². The van der Waals surface area contributed by atoms with Gasteiger partial charge in [-0.3, -0.25) is 9.36 Å². The van der Waals surface area contributed by atoms with Gasteiger partial charge in [0.1, 0.15) is 5.58 Å². The minimum Gasteiger partial charge on any atom is -0.453 e. The molecule has 0 N–H and O–H groups in total. The molecule has 0 spiro atoms. The summed E-state index contributed by atoms with van der Waals surface area (Å²) < 4.78 is 7.91. The second-order valence-corrected chi connectivity index (χ2v) is 8.42. The van der Waals surface area contributed by atoms with Crippen LogP contribution in [-0.4, -0.2) is 37.9 Å². The number of hydrogen-bond acceptors (Lipinski definition) is 5. The Kier molecular flexibility index (Phi) is 5.34. The third-order valence-electron chi connectivity index (χ3n) is 5.48. The molecule has 0 radical (unpaired) electrons. The number of thioether (sulfide) groups is 1. The maximum absolute atomic E-state index is 12.9. The summed E-state index contributed by atoms with van der Waals surface area (Å²) in [4.78, 5) is 14.8. The van der Waals surface area contributed by atoms with Gasteiger partial charge in [-0.25, -0.2) is 0 Å². The lowest BCUT2D eigenvalue weighted by Crippen LogP contribution is -2.37. The Hall–Kier alpha value is -3.32. The molecule has 5 rings (SSSR count). The molecule has 156 valence electrons. The maximum Gasteiger partial charge on any atom is 0.233 e. The molecular formula is C24H22N4O2S. The van der Waals surface area contributed by atoms with Crippen molar-refractivity contribution in [3.05, 3.63) is 78.4 Å². The number of rotatable bonds is 6. The van der Waals surface area contributed by atoms with Crippen LogP contribution >= 0.6 is 11.8 Å². The highest BCUT2D eigenvalue weighted by Crippen LogP contribution is 2.29. The molecule has 0 atom stereocenters. The molecule has 0 aliphatic carbocycles. The predicted octanol–water partition coefficient (Wildman–Crippen LogP) is 4.55. The number of hydrogen-bond donors (Lipinski definition) is 0. The number of aromatic nitrogens is 3. The summed E-state index contributed by atoms with van der Waals surface area (Å²) >= 11 is 1.40. The smallest absolute Gasteiger partial charge is 0.233 e. The van der Waals surface area contributed by atoms with Crippen LogP contribution in [0.4, 0.5) is 0 Å². The number of carbonyl (C=O) groups is 1. The monoisotopic (exact) mass is 430 g/mol. The van der Waals surface area contributed by atoms with Gasteiger partial charge >= 0.3 is 0 Å². The number of furan rings is 1. The van der Waals surface area contributed by atoms with Crippen LogP contribution in [0.2, 0.25) is 0 Å². The van der Waals surface area contributed by atoms with E-state index in [-0.39, 0.29) is 5.91 Å². The summed E-state index contributed by atoms with van der Waals surface area (Å²) in [6, 6.07) is 18.1. The van der Waals surface area contributed by atoms with Gasteiger partial charge in [-0.1, -0.05) is 60.3 Å². The minimum atomic E-state index is 0.109. The van der Waals surface area contributed by atoms with E-state index in [9.17, 15) is 4.79 Å². The molecule has 1 aliphatic heterocycles. The molecule has 0 unspecified atom stereocenters. The average molecular weight is 431 g/mol. The van der Waals surface area contributed by atoms with Crippen molar-refractivity contribution in [1.29, 1.82) is 0 Å². The van der Waals surface area contributed by atoms with Gasteiger partial charge < -0.3 is 9.32 Å². The van der Waals surface area contributed by atoms with Gasteiger partial charge in [0.15, 0.2) is 10.9 Å². The zero-order valence-electron chi connectivity index (χ0n) is 17.0. The standard InChI is InChI=1S/C24H22N4O2S/c1-2-12-28-23(21-14-18-8-5-6-10-20(18)30-21)25-26-24(28)31-16-22(29)27-13-11-17-7-3-4-9-19(17)15-27/h2-10,14H,1,11-13,15-16H2. The number of carbonyl (C=O) groups excluding carboxylic acids is 1. The van der Waals surface area contributed by atoms with Crippen LogP contribution in [0.3, 0.4) is 0 Å². The molecule has 0 saturated carbocycles. The highest BCUT2D eigenvalue weighted by Gasteiger charge is 2.22. The number of allylic oxidation sites excluding steroid dienone is 1. The Balaban J connectivity index is 1.33. The lowest BCUT2D eigenvalue weighted by atomic mass is 10.00. The van der Waals surface area contributed by atoms with Crippen molar-refractivity contribution in [3.8, 4) is 11.6 Å². The van der Waals surface area contributed by atoms with Crippen molar-refractivity contribution in [2.45, 2.75) is 24.7 Å². The van der Waals surface area contributed by atoms with Crippen LogP contribution in [0.15, 0.2) is 76.8 Å². The maximum atomic E-state index is 12.9. The van der Waals surface area contributed by atoms with E-state index >= 15 is 0 Å². The van der Waals surface area contributed by atoms with Crippen LogP contribution in [0.1, 0.15) is 11.1 Å². The van der Waals surface area contributed by atoms with Crippen molar-refractivity contribution in [1.82, 2.24) is 19.7 Å². The van der Waals surface area contributed by atoms with Gasteiger partial charge in [-0.2, -0.15) is 0 Å². The van der Waals surface area contributed by atoms with Crippen molar-refractivity contribution in [2.24, 2.45) is 0 Å². The SMILES string of the molecule is C=CCn1c(SCC(=O)N2CCc3ccccc3C2)nnc1-c1cc2ccccc2o1. The Morgan fingerprint density at radius 2 is 1.94 bits per heavy atom. The van der Waals surface area contributed by atoms with Gasteiger partial charge in [0.2, 0.25) is 11.7 Å². The molecule has 1 amide bonds. The van der Waals surface area contributed by atoms with Gasteiger partial charge in [0.25, 0.3) is 0 Å². The zero-order chi connectivity index (χ0) is 21.2. The van der Waals surface area contributed by atoms with Gasteiger partial charge in [-0.05, 0) is 29.7 Å². The summed E-state index contributed by atoms with van der Waals surface area (Å²) in [5.74, 6) is 1.72. The Bertz CT molecular complexity index is 1230. The van der Waals surface area contributed by atoms with Crippen LogP contribution in [-0.2, 0) is 24.3 Å². The lowest BCUT2D eigenvalue weighted by molar-refractivity contribution is -0.129. The van der Waals surface area contributed by atoms with E-state index in [0.717, 1.165) is 23.9 Å². The second kappa shape index (κ2) is 8.43. The van der Waals surface area contributed by atoms with Gasteiger partial charge in [-0.15, -0.1) is 16.8 Å². The second-order valence-electron chi connectivity index (χ2n) is 7.48. The highest BCUT2D eigenvalue weighted by molar-refractivity contribution is 7.99. The van der Waals surface area contributed by atoms with Crippen LogP contribution in [0.5, 0.6) is 0 Å². The van der Waals surface area contributed by atoms with Gasteiger partial charge in [0.05, 0.1) is 5.75 Å². The largest absolute Gasteiger partial charge is 0.453 e. The summed E-state index contributed by atoms with van der Waals surface area (Å²) in [5.41, 5.74) is 3.37. The number of para-hydroxylation sites is 1. The molecule has 0 fully saturated rings. The molecule has 2 aromatic carbocycles. The quantitative estimate of drug-likeness (QED) is 0.332. The van der Waals surface area contributed by atoms with Crippen LogP contribution < -0.4 is 0 Å². The third kappa shape index (κ3) is 3.88. The fourth-order valence-electron chi connectivity index (χ4n) is 3.89. The first-order chi connectivity index (χ1) is 15.2. The van der Waals surface area contributed by atoms with E-state index in [2.05, 4.69) is 35.0 Å². The number of amides is 1. The molecule has 1 aliphatic rings. The predicted molar refractivity (Wildman–Crippen MR) is 122 cm³/mol. The Morgan fingerprint density at radius 1 is 1.13 bits per heavy atom. The molecule has 6 nitrogen and oxygen atoms in total. The van der Waals surface area contributed by atoms with E-state index in [4.69, 9.17) is 4.42 Å². The number of benzene rings is 2. The normalized spacial score (nSPS) is 13.4. The van der Waals surface area contributed by atoms with Crippen molar-refractivity contribution < 1.29 is 9.21 Å². The summed E-state index contributed by atoms with van der Waals surface area (Å²) in [5, 5.41) is 10.4. The molecule has 3 heterocycles. The molecule has 0 saturated heterocycles. The number of nitrogens with zero attached hydrogens (tertiary/aromatic N) is 4. The number of fused-ring (bicyclic) bond motifs is 2. The lowest BCUT2D eigenvalue weighted by Gasteiger charge is -2.28. The van der Waals surface area contributed by atoms with E-state index in [1.54, 1.807) is 6.08 Å². The fraction of sp³-hybridized carbons (Fsp3) is 0.208. The minimum absolute atomic E-state index is 0.109. The van der Waals surface area contributed by atoms with Crippen LogP contribution in [0.25, 0.3) is 22.6 Å². The first-order valence-electron chi connectivity index (χ1n) is 10.2. The Labute approximate surface area is 184 Å². The first-order valence-corrected chi connectivity index (χ1v) is 11.2. The molecular weight excluding hydrogens is 408 g/mol. The summed E-state index contributed by atoms with van der Waals surface area (Å²) in [6.07, 6.45) is 2.69. The fourth-order valence-corrected chi connectivity index (χ4v) is 4.74. The molecule has 2 aromatic heterocycles. The summed E-state index contributed by atoms with van der Waals surface area (Å²) in [6.45, 7) is 5.80. The van der Waals surface area contributed by atoms with E-state index in [0.29, 0.717) is 35.6 Å². The Morgan fingerprint density at radius 3 is 2.77 bits per heavy atom. The van der Waals surface area contributed by atoms with Crippen LogP contribution in [0, 0.1) is 0 Å². The van der Waals surface area contributed by atoms with E-state index in [1.807, 2.05) is 45.9 Å². The molecule has 31 heavy (non-hydrogen) atoms. The third-order valence-corrected chi connectivity index (χ3v) is 6.43. The van der Waals surface area contributed by atoms with Crippen molar-refractivity contribution >= 4 is 28.6 Å². The zero-order valence-corrected chi connectivity index (χ0v) is 17.8. The first kappa shape index (κ1) is 19.6. The summed E-state index contributed by atoms with van der Waals surface area (Å²) in [7, 11) is 0.